The van der Waals surface area contributed by atoms with Gasteiger partial charge in [-0.3, -0.25) is 0 Å². The molecule has 20 heavy (non-hydrogen) atoms. The van der Waals surface area contributed by atoms with Gasteiger partial charge in [-0.1, -0.05) is 43.3 Å². The van der Waals surface area contributed by atoms with Crippen LogP contribution in [0, 0.1) is 0 Å². The Balaban J connectivity index is 1.99. The number of nitrogens with one attached hydrogen (secondary N) is 2. The van der Waals surface area contributed by atoms with Crippen molar-refractivity contribution >= 4 is 10.8 Å². The lowest BCUT2D eigenvalue weighted by molar-refractivity contribution is 0.585. The van der Waals surface area contributed by atoms with Crippen LogP contribution in [-0.2, 0) is 0 Å². The van der Waals surface area contributed by atoms with E-state index in [2.05, 4.69) is 70.1 Å². The molecule has 102 valence electrons. The van der Waals surface area contributed by atoms with Crippen molar-refractivity contribution in [2.45, 2.75) is 19.4 Å². The second-order valence-corrected chi connectivity index (χ2v) is 4.89. The van der Waals surface area contributed by atoms with E-state index in [1.807, 2.05) is 0 Å². The number of hydrogen-bond acceptors (Lipinski definition) is 3. The fraction of sp³-hybridized carbons (Fsp3) is 0.250. The lowest BCUT2D eigenvalue weighted by Gasteiger charge is -2.17. The Morgan fingerprint density at radius 1 is 1.15 bits per heavy atom. The second kappa shape index (κ2) is 5.84. The van der Waals surface area contributed by atoms with Gasteiger partial charge in [0.05, 0.1) is 12.2 Å². The molecule has 2 N–H and O–H groups in total. The predicted octanol–water partition coefficient (Wildman–Crippen LogP) is 3.05. The van der Waals surface area contributed by atoms with Gasteiger partial charge < -0.3 is 5.32 Å². The number of hydrogen-bond donors (Lipinski definition) is 2. The molecular formula is C16H18N4. The first-order chi connectivity index (χ1) is 9.88. The SMILES string of the molecule is CCCNC(c1ccc2ccccc2c1)c1cn[nH]n1. The monoisotopic (exact) mass is 266 g/mol. The number of rotatable bonds is 5. The minimum absolute atomic E-state index is 0.0818. The minimum atomic E-state index is 0.0818. The number of H-pyrrole nitrogens is 1. The number of benzene rings is 2. The van der Waals surface area contributed by atoms with E-state index < -0.39 is 0 Å². The normalized spacial score (nSPS) is 12.7. The van der Waals surface area contributed by atoms with Crippen LogP contribution in [-0.4, -0.2) is 22.0 Å². The van der Waals surface area contributed by atoms with Gasteiger partial charge in [0.2, 0.25) is 0 Å². The van der Waals surface area contributed by atoms with Crippen molar-refractivity contribution in [2.75, 3.05) is 6.54 Å². The largest absolute Gasteiger partial charge is 0.305 e. The number of aromatic nitrogens is 3. The first-order valence-electron chi connectivity index (χ1n) is 6.96. The smallest absolute Gasteiger partial charge is 0.104 e. The summed E-state index contributed by atoms with van der Waals surface area (Å²) in [5, 5.41) is 16.9. The molecule has 1 aromatic heterocycles. The molecule has 1 heterocycles. The Labute approximate surface area is 118 Å². The molecule has 4 nitrogen and oxygen atoms in total. The molecule has 1 unspecified atom stereocenters. The van der Waals surface area contributed by atoms with E-state index in [1.165, 1.54) is 16.3 Å². The maximum atomic E-state index is 4.23. The van der Waals surface area contributed by atoms with Crippen LogP contribution in [0.1, 0.15) is 30.6 Å². The van der Waals surface area contributed by atoms with Crippen LogP contribution >= 0.6 is 0 Å². The lowest BCUT2D eigenvalue weighted by Crippen LogP contribution is -2.23. The van der Waals surface area contributed by atoms with Crippen molar-refractivity contribution in [1.29, 1.82) is 0 Å². The average molecular weight is 266 g/mol. The topological polar surface area (TPSA) is 53.6 Å². The molecule has 3 aromatic rings. The van der Waals surface area contributed by atoms with Gasteiger partial charge in [0.15, 0.2) is 0 Å². The Bertz CT molecular complexity index is 676. The van der Waals surface area contributed by atoms with E-state index in [0.29, 0.717) is 0 Å². The molecule has 3 rings (SSSR count). The highest BCUT2D eigenvalue weighted by Gasteiger charge is 2.16. The van der Waals surface area contributed by atoms with Gasteiger partial charge in [-0.25, -0.2) is 0 Å². The van der Waals surface area contributed by atoms with E-state index in [4.69, 9.17) is 0 Å². The molecule has 0 aliphatic heterocycles. The Kier molecular flexibility index (Phi) is 3.74. The van der Waals surface area contributed by atoms with E-state index in [-0.39, 0.29) is 6.04 Å². The fourth-order valence-corrected chi connectivity index (χ4v) is 2.42. The van der Waals surface area contributed by atoms with E-state index >= 15 is 0 Å². The van der Waals surface area contributed by atoms with Crippen molar-refractivity contribution < 1.29 is 0 Å². The summed E-state index contributed by atoms with van der Waals surface area (Å²) in [6.45, 7) is 3.11. The van der Waals surface area contributed by atoms with E-state index in [9.17, 15) is 0 Å². The second-order valence-electron chi connectivity index (χ2n) is 4.89. The molecule has 0 amide bonds. The summed E-state index contributed by atoms with van der Waals surface area (Å²) < 4.78 is 0. The summed E-state index contributed by atoms with van der Waals surface area (Å²) in [6.07, 6.45) is 2.87. The van der Waals surface area contributed by atoms with Crippen LogP contribution in [0.2, 0.25) is 0 Å². The van der Waals surface area contributed by atoms with Gasteiger partial charge in [0.1, 0.15) is 5.69 Å². The molecular weight excluding hydrogens is 248 g/mol. The number of aromatic amines is 1. The zero-order chi connectivity index (χ0) is 13.8. The highest BCUT2D eigenvalue weighted by atomic mass is 15.3. The van der Waals surface area contributed by atoms with Crippen molar-refractivity contribution in [2.24, 2.45) is 0 Å². The zero-order valence-corrected chi connectivity index (χ0v) is 11.5. The highest BCUT2D eigenvalue weighted by molar-refractivity contribution is 5.83. The molecule has 0 bridgehead atoms. The van der Waals surface area contributed by atoms with Crippen molar-refractivity contribution in [3.63, 3.8) is 0 Å². The molecule has 0 aliphatic rings. The minimum Gasteiger partial charge on any atom is -0.305 e. The van der Waals surface area contributed by atoms with E-state index in [1.54, 1.807) is 6.20 Å². The lowest BCUT2D eigenvalue weighted by atomic mass is 10.00. The summed E-state index contributed by atoms with van der Waals surface area (Å²) in [7, 11) is 0. The van der Waals surface area contributed by atoms with Crippen LogP contribution in [0.15, 0.2) is 48.7 Å². The third-order valence-corrected chi connectivity index (χ3v) is 3.43. The van der Waals surface area contributed by atoms with Crippen LogP contribution in [0.3, 0.4) is 0 Å². The van der Waals surface area contributed by atoms with Gasteiger partial charge in [0, 0.05) is 0 Å². The summed E-state index contributed by atoms with van der Waals surface area (Å²) in [6, 6.07) is 15.0. The molecule has 0 fully saturated rings. The molecule has 4 heteroatoms. The third kappa shape index (κ3) is 2.56. The molecule has 0 saturated carbocycles. The Morgan fingerprint density at radius 3 is 2.75 bits per heavy atom. The summed E-state index contributed by atoms with van der Waals surface area (Å²) in [5.41, 5.74) is 2.14. The van der Waals surface area contributed by atoms with Crippen LogP contribution < -0.4 is 5.32 Å². The first-order valence-corrected chi connectivity index (χ1v) is 6.96. The molecule has 2 aromatic carbocycles. The maximum Gasteiger partial charge on any atom is 0.104 e. The van der Waals surface area contributed by atoms with Gasteiger partial charge in [-0.05, 0) is 35.4 Å². The van der Waals surface area contributed by atoms with Crippen LogP contribution in [0.25, 0.3) is 10.8 Å². The maximum absolute atomic E-state index is 4.23. The molecule has 0 aliphatic carbocycles. The fourth-order valence-electron chi connectivity index (χ4n) is 2.42. The molecule has 0 spiro atoms. The van der Waals surface area contributed by atoms with Gasteiger partial charge >= 0.3 is 0 Å². The summed E-state index contributed by atoms with van der Waals surface area (Å²) in [5.74, 6) is 0. The van der Waals surface area contributed by atoms with Crippen LogP contribution in [0.5, 0.6) is 0 Å². The average Bonchev–Trinajstić information content (AvgIpc) is 3.02. The zero-order valence-electron chi connectivity index (χ0n) is 11.5. The van der Waals surface area contributed by atoms with Crippen LogP contribution in [0.4, 0.5) is 0 Å². The quantitative estimate of drug-likeness (QED) is 0.746. The van der Waals surface area contributed by atoms with Crippen molar-refractivity contribution in [1.82, 2.24) is 20.7 Å². The Hall–Kier alpha value is -2.20. The standard InChI is InChI=1S/C16H18N4/c1-2-9-17-16(15-11-18-20-19-15)14-8-7-12-5-3-4-6-13(12)10-14/h3-8,10-11,16-17H,2,9H2,1H3,(H,18,19,20). The molecule has 0 radical (unpaired) electrons. The highest BCUT2D eigenvalue weighted by Crippen LogP contribution is 2.24. The Morgan fingerprint density at radius 2 is 2.00 bits per heavy atom. The number of fused-ring (bicyclic) bond motifs is 1. The number of nitrogens with zero attached hydrogens (tertiary/aromatic N) is 2. The summed E-state index contributed by atoms with van der Waals surface area (Å²) in [4.78, 5) is 0. The van der Waals surface area contributed by atoms with E-state index in [0.717, 1.165) is 18.7 Å². The third-order valence-electron chi connectivity index (χ3n) is 3.43. The first kappa shape index (κ1) is 12.8. The molecule has 1 atom stereocenters. The van der Waals surface area contributed by atoms with Crippen molar-refractivity contribution in [3.8, 4) is 0 Å². The van der Waals surface area contributed by atoms with Gasteiger partial charge in [0.25, 0.3) is 0 Å². The predicted molar refractivity (Wildman–Crippen MR) is 80.5 cm³/mol. The molecule has 0 saturated heterocycles. The summed E-state index contributed by atoms with van der Waals surface area (Å²) >= 11 is 0. The van der Waals surface area contributed by atoms with Gasteiger partial charge in [-0.2, -0.15) is 15.4 Å². The van der Waals surface area contributed by atoms with Crippen molar-refractivity contribution in [3.05, 3.63) is 59.9 Å². The van der Waals surface area contributed by atoms with Gasteiger partial charge in [-0.15, -0.1) is 0 Å².